The van der Waals surface area contributed by atoms with Crippen LogP contribution in [0.5, 0.6) is 0 Å². The molecule has 2 heterocycles. The number of anilines is 1. The van der Waals surface area contributed by atoms with Gasteiger partial charge in [-0.15, -0.1) is 0 Å². The highest BCUT2D eigenvalue weighted by Gasteiger charge is 2.22. The van der Waals surface area contributed by atoms with Gasteiger partial charge < -0.3 is 9.88 Å². The molecule has 9 nitrogen and oxygen atoms in total. The van der Waals surface area contributed by atoms with E-state index in [1.807, 2.05) is 6.07 Å². The van der Waals surface area contributed by atoms with Crippen LogP contribution in [-0.2, 0) is 18.9 Å². The van der Waals surface area contributed by atoms with Crippen molar-refractivity contribution in [3.05, 3.63) is 57.0 Å². The fourth-order valence-corrected chi connectivity index (χ4v) is 2.70. The van der Waals surface area contributed by atoms with Crippen molar-refractivity contribution < 1.29 is 4.79 Å². The summed E-state index contributed by atoms with van der Waals surface area (Å²) in [5, 5.41) is 11.7. The Morgan fingerprint density at radius 2 is 2.00 bits per heavy atom. The second kappa shape index (κ2) is 6.33. The van der Waals surface area contributed by atoms with E-state index in [0.717, 1.165) is 4.57 Å². The number of carbonyl (C=O) groups is 1. The van der Waals surface area contributed by atoms with Gasteiger partial charge >= 0.3 is 5.69 Å². The molecule has 132 valence electrons. The number of aryl methyl sites for hydroxylation is 1. The Morgan fingerprint density at radius 3 is 2.69 bits per heavy atom. The van der Waals surface area contributed by atoms with Crippen LogP contribution in [0.2, 0.25) is 0 Å². The molecule has 0 aliphatic heterocycles. The van der Waals surface area contributed by atoms with E-state index >= 15 is 0 Å². The first-order valence-corrected chi connectivity index (χ1v) is 7.78. The van der Waals surface area contributed by atoms with Gasteiger partial charge in [-0.25, -0.2) is 9.78 Å². The molecule has 0 aliphatic rings. The maximum absolute atomic E-state index is 12.6. The molecule has 0 radical (unpaired) electrons. The number of amides is 1. The Labute approximate surface area is 147 Å². The summed E-state index contributed by atoms with van der Waals surface area (Å²) in [6.07, 6.45) is 1.36. The maximum atomic E-state index is 12.6. The zero-order valence-corrected chi connectivity index (χ0v) is 14.4. The highest BCUT2D eigenvalue weighted by molar-refractivity contribution is 5.94. The van der Waals surface area contributed by atoms with Crippen molar-refractivity contribution in [2.75, 3.05) is 5.32 Å². The summed E-state index contributed by atoms with van der Waals surface area (Å²) in [6, 6.07) is 7.77. The molecule has 0 unspecified atom stereocenters. The Kier molecular flexibility index (Phi) is 4.18. The fraction of sp³-hybridized carbons (Fsp3) is 0.235. The summed E-state index contributed by atoms with van der Waals surface area (Å²) in [7, 11) is 2.89. The smallest absolute Gasteiger partial charge is 0.324 e. The topological polar surface area (TPSA) is 115 Å². The van der Waals surface area contributed by atoms with Crippen LogP contribution in [0.15, 0.2) is 40.2 Å². The molecular formula is C17H16N6O3. The molecule has 3 aromatic rings. The number of fused-ring (bicyclic) bond motifs is 1. The quantitative estimate of drug-likeness (QED) is 0.737. The first-order valence-electron chi connectivity index (χ1n) is 7.78. The molecular weight excluding hydrogens is 336 g/mol. The lowest BCUT2D eigenvalue weighted by molar-refractivity contribution is -0.118. The molecule has 0 saturated heterocycles. The van der Waals surface area contributed by atoms with Crippen molar-refractivity contribution in [1.82, 2.24) is 18.7 Å². The fourth-order valence-electron chi connectivity index (χ4n) is 2.70. The zero-order chi connectivity index (χ0) is 19.0. The summed E-state index contributed by atoms with van der Waals surface area (Å²) < 4.78 is 3.66. The Hall–Kier alpha value is -3.67. The van der Waals surface area contributed by atoms with E-state index in [1.165, 1.54) is 29.6 Å². The zero-order valence-electron chi connectivity index (χ0n) is 14.4. The Bertz CT molecular complexity index is 1180. The van der Waals surface area contributed by atoms with Gasteiger partial charge in [-0.1, -0.05) is 6.07 Å². The molecule has 0 saturated carbocycles. The third-order valence-corrected chi connectivity index (χ3v) is 4.23. The van der Waals surface area contributed by atoms with Crippen LogP contribution in [0.3, 0.4) is 0 Å². The van der Waals surface area contributed by atoms with Gasteiger partial charge in [0, 0.05) is 19.8 Å². The second-order valence-corrected chi connectivity index (χ2v) is 5.89. The van der Waals surface area contributed by atoms with Gasteiger partial charge in [-0.3, -0.25) is 18.7 Å². The van der Waals surface area contributed by atoms with E-state index in [-0.39, 0.29) is 17.1 Å². The number of hydrogen-bond donors (Lipinski definition) is 1. The minimum Gasteiger partial charge on any atom is -0.324 e. The van der Waals surface area contributed by atoms with Gasteiger partial charge in [-0.05, 0) is 25.1 Å². The monoisotopic (exact) mass is 352 g/mol. The Morgan fingerprint density at radius 1 is 1.27 bits per heavy atom. The molecule has 26 heavy (non-hydrogen) atoms. The number of nitriles is 1. The molecule has 1 atom stereocenters. The molecule has 3 rings (SSSR count). The SMILES string of the molecule is C[C@@H](C(=O)Nc1cccc(C#N)c1)n1cnc2c1c(=O)n(C)c(=O)n2C. The average Bonchev–Trinajstić information content (AvgIpc) is 3.09. The van der Waals surface area contributed by atoms with Crippen molar-refractivity contribution >= 4 is 22.8 Å². The number of aromatic nitrogens is 4. The highest BCUT2D eigenvalue weighted by atomic mass is 16.2. The van der Waals surface area contributed by atoms with Crippen LogP contribution in [0.1, 0.15) is 18.5 Å². The summed E-state index contributed by atoms with van der Waals surface area (Å²) in [4.78, 5) is 41.2. The average molecular weight is 352 g/mol. The minimum absolute atomic E-state index is 0.169. The Balaban J connectivity index is 2.01. The van der Waals surface area contributed by atoms with Gasteiger partial charge in [-0.2, -0.15) is 5.26 Å². The largest absolute Gasteiger partial charge is 0.332 e. The number of nitrogens with one attached hydrogen (secondary N) is 1. The number of hydrogen-bond acceptors (Lipinski definition) is 5. The normalized spacial score (nSPS) is 11.9. The maximum Gasteiger partial charge on any atom is 0.332 e. The van der Waals surface area contributed by atoms with E-state index < -0.39 is 17.3 Å². The lowest BCUT2D eigenvalue weighted by atomic mass is 10.2. The highest BCUT2D eigenvalue weighted by Crippen LogP contribution is 2.16. The molecule has 0 spiro atoms. The lowest BCUT2D eigenvalue weighted by Gasteiger charge is -2.15. The second-order valence-electron chi connectivity index (χ2n) is 5.89. The van der Waals surface area contributed by atoms with E-state index in [0.29, 0.717) is 11.3 Å². The van der Waals surface area contributed by atoms with Gasteiger partial charge in [0.25, 0.3) is 5.56 Å². The van der Waals surface area contributed by atoms with Gasteiger partial charge in [0.2, 0.25) is 5.91 Å². The molecule has 1 aromatic carbocycles. The van der Waals surface area contributed by atoms with Crippen LogP contribution >= 0.6 is 0 Å². The molecule has 2 aromatic heterocycles. The van der Waals surface area contributed by atoms with Crippen molar-refractivity contribution in [1.29, 1.82) is 5.26 Å². The van der Waals surface area contributed by atoms with Crippen LogP contribution in [0.4, 0.5) is 5.69 Å². The number of nitrogens with zero attached hydrogens (tertiary/aromatic N) is 5. The number of rotatable bonds is 3. The third-order valence-electron chi connectivity index (χ3n) is 4.23. The molecule has 9 heteroatoms. The summed E-state index contributed by atoms with van der Waals surface area (Å²) in [5.74, 6) is -0.379. The van der Waals surface area contributed by atoms with E-state index in [4.69, 9.17) is 5.26 Å². The summed E-state index contributed by atoms with van der Waals surface area (Å²) in [5.41, 5.74) is 0.273. The van der Waals surface area contributed by atoms with Crippen molar-refractivity contribution in [2.24, 2.45) is 14.1 Å². The van der Waals surface area contributed by atoms with Crippen LogP contribution in [0.25, 0.3) is 11.2 Å². The minimum atomic E-state index is -0.754. The number of imidazole rings is 1. The first-order chi connectivity index (χ1) is 12.3. The molecule has 0 bridgehead atoms. The predicted molar refractivity (Wildman–Crippen MR) is 94.7 cm³/mol. The molecule has 0 aliphatic carbocycles. The summed E-state index contributed by atoms with van der Waals surface area (Å²) >= 11 is 0. The van der Waals surface area contributed by atoms with Crippen LogP contribution in [-0.4, -0.2) is 24.6 Å². The summed E-state index contributed by atoms with van der Waals surface area (Å²) in [6.45, 7) is 1.62. The van der Waals surface area contributed by atoms with Gasteiger partial charge in [0.1, 0.15) is 6.04 Å². The first kappa shape index (κ1) is 17.2. The lowest BCUT2D eigenvalue weighted by Crippen LogP contribution is -2.38. The standard InChI is InChI=1S/C17H16N6O3/c1-10(15(24)20-12-6-4-5-11(7-12)8-18)23-9-19-14-13(23)16(25)22(3)17(26)21(14)2/h4-7,9-10H,1-3H3,(H,20,24)/t10-/m0/s1. The third kappa shape index (κ3) is 2.67. The van der Waals surface area contributed by atoms with E-state index in [2.05, 4.69) is 10.3 Å². The van der Waals surface area contributed by atoms with Crippen molar-refractivity contribution in [2.45, 2.75) is 13.0 Å². The number of benzene rings is 1. The molecule has 0 fully saturated rings. The van der Waals surface area contributed by atoms with Crippen LogP contribution < -0.4 is 16.6 Å². The van der Waals surface area contributed by atoms with Gasteiger partial charge in [0.05, 0.1) is 18.0 Å². The van der Waals surface area contributed by atoms with Crippen molar-refractivity contribution in [3.63, 3.8) is 0 Å². The molecule has 1 amide bonds. The van der Waals surface area contributed by atoms with Crippen molar-refractivity contribution in [3.8, 4) is 6.07 Å². The molecule has 1 N–H and O–H groups in total. The predicted octanol–water partition coefficient (Wildman–Crippen LogP) is 0.505. The van der Waals surface area contributed by atoms with Crippen LogP contribution in [0, 0.1) is 11.3 Å². The number of carbonyl (C=O) groups excluding carboxylic acids is 1. The van der Waals surface area contributed by atoms with E-state index in [9.17, 15) is 14.4 Å². The van der Waals surface area contributed by atoms with E-state index in [1.54, 1.807) is 31.2 Å². The van der Waals surface area contributed by atoms with Gasteiger partial charge in [0.15, 0.2) is 11.2 Å².